The van der Waals surface area contributed by atoms with Crippen LogP contribution in [0, 0.1) is 11.6 Å². The number of fused-ring (bicyclic) bond motifs is 1. The van der Waals surface area contributed by atoms with Crippen LogP contribution in [0.3, 0.4) is 0 Å². The van der Waals surface area contributed by atoms with Gasteiger partial charge in [0.15, 0.2) is 11.5 Å². The highest BCUT2D eigenvalue weighted by molar-refractivity contribution is 8.00. The van der Waals surface area contributed by atoms with Gasteiger partial charge in [0, 0.05) is 16.6 Å². The largest absolute Gasteiger partial charge is 0.454 e. The maximum atomic E-state index is 13.6. The van der Waals surface area contributed by atoms with Crippen LogP contribution in [0.25, 0.3) is 0 Å². The number of amides is 1. The number of halogens is 2. The van der Waals surface area contributed by atoms with E-state index < -0.39 is 16.9 Å². The van der Waals surface area contributed by atoms with E-state index in [0.29, 0.717) is 17.2 Å². The van der Waals surface area contributed by atoms with Crippen molar-refractivity contribution in [3.05, 3.63) is 48.0 Å². The molecule has 120 valence electrons. The van der Waals surface area contributed by atoms with Crippen LogP contribution in [0.4, 0.5) is 14.5 Å². The van der Waals surface area contributed by atoms with Gasteiger partial charge in [-0.25, -0.2) is 8.78 Å². The van der Waals surface area contributed by atoms with Crippen molar-refractivity contribution in [1.82, 2.24) is 0 Å². The number of rotatable bonds is 4. The zero-order valence-corrected chi connectivity index (χ0v) is 13.0. The molecular formula is C16H13F2NO3S. The van der Waals surface area contributed by atoms with Gasteiger partial charge in [0.1, 0.15) is 11.6 Å². The SMILES string of the molecule is CC(Sc1cc(F)ccc1F)C(=O)Nc1ccc2c(c1)OCO2. The van der Waals surface area contributed by atoms with Gasteiger partial charge in [0.05, 0.1) is 5.25 Å². The molecule has 2 aromatic carbocycles. The van der Waals surface area contributed by atoms with Crippen LogP contribution in [0.2, 0.25) is 0 Å². The van der Waals surface area contributed by atoms with Crippen molar-refractivity contribution in [3.8, 4) is 11.5 Å². The third kappa shape index (κ3) is 3.56. The van der Waals surface area contributed by atoms with E-state index in [4.69, 9.17) is 9.47 Å². The molecule has 7 heteroatoms. The Hall–Kier alpha value is -2.28. The fourth-order valence-corrected chi connectivity index (χ4v) is 2.94. The van der Waals surface area contributed by atoms with Crippen LogP contribution < -0.4 is 14.8 Å². The topological polar surface area (TPSA) is 47.6 Å². The smallest absolute Gasteiger partial charge is 0.237 e. The number of benzene rings is 2. The molecule has 1 amide bonds. The minimum absolute atomic E-state index is 0.0957. The molecule has 3 rings (SSSR count). The average Bonchev–Trinajstić information content (AvgIpc) is 2.98. The lowest BCUT2D eigenvalue weighted by Gasteiger charge is -2.13. The van der Waals surface area contributed by atoms with E-state index in [1.54, 1.807) is 25.1 Å². The summed E-state index contributed by atoms with van der Waals surface area (Å²) in [5.41, 5.74) is 0.548. The third-order valence-electron chi connectivity index (χ3n) is 3.21. The molecule has 0 saturated heterocycles. The van der Waals surface area contributed by atoms with Gasteiger partial charge in [-0.2, -0.15) is 0 Å². The van der Waals surface area contributed by atoms with Gasteiger partial charge in [-0.05, 0) is 37.3 Å². The fourth-order valence-electron chi connectivity index (χ4n) is 2.03. The van der Waals surface area contributed by atoms with Crippen LogP contribution in [-0.2, 0) is 4.79 Å². The van der Waals surface area contributed by atoms with Crippen LogP contribution in [0.1, 0.15) is 6.92 Å². The van der Waals surface area contributed by atoms with Gasteiger partial charge < -0.3 is 14.8 Å². The molecule has 1 unspecified atom stereocenters. The number of carbonyl (C=O) groups is 1. The molecule has 23 heavy (non-hydrogen) atoms. The summed E-state index contributed by atoms with van der Waals surface area (Å²) >= 11 is 0.954. The minimum Gasteiger partial charge on any atom is -0.454 e. The zero-order valence-electron chi connectivity index (χ0n) is 12.1. The van der Waals surface area contributed by atoms with Gasteiger partial charge >= 0.3 is 0 Å². The van der Waals surface area contributed by atoms with E-state index in [-0.39, 0.29) is 17.6 Å². The molecule has 0 aliphatic carbocycles. The average molecular weight is 337 g/mol. The second-order valence-electron chi connectivity index (χ2n) is 4.89. The normalized spacial score (nSPS) is 13.7. The van der Waals surface area contributed by atoms with Crippen LogP contribution in [-0.4, -0.2) is 18.0 Å². The molecular weight excluding hydrogens is 324 g/mol. The summed E-state index contributed by atoms with van der Waals surface area (Å²) < 4.78 is 37.2. The second kappa shape index (κ2) is 6.45. The number of ether oxygens (including phenoxy) is 2. The summed E-state index contributed by atoms with van der Waals surface area (Å²) in [5.74, 6) is -0.250. The van der Waals surface area contributed by atoms with Gasteiger partial charge in [-0.3, -0.25) is 4.79 Å². The van der Waals surface area contributed by atoms with Crippen molar-refractivity contribution in [1.29, 1.82) is 0 Å². The standard InChI is InChI=1S/C16H13F2NO3S/c1-9(23-15-6-10(17)2-4-12(15)18)16(20)19-11-3-5-13-14(7-11)22-8-21-13/h2-7,9H,8H2,1H3,(H,19,20). The molecule has 0 fully saturated rings. The molecule has 0 aromatic heterocycles. The monoisotopic (exact) mass is 337 g/mol. The Kier molecular flexibility index (Phi) is 4.38. The Balaban J connectivity index is 1.67. The van der Waals surface area contributed by atoms with Crippen LogP contribution >= 0.6 is 11.8 Å². The summed E-state index contributed by atoms with van der Waals surface area (Å²) in [4.78, 5) is 12.3. The summed E-state index contributed by atoms with van der Waals surface area (Å²) in [6, 6.07) is 8.19. The first-order chi connectivity index (χ1) is 11.0. The molecule has 1 N–H and O–H groups in total. The molecule has 1 heterocycles. The number of nitrogens with one attached hydrogen (secondary N) is 1. The molecule has 4 nitrogen and oxygen atoms in total. The van der Waals surface area contributed by atoms with Gasteiger partial charge in [0.2, 0.25) is 12.7 Å². The third-order valence-corrected chi connectivity index (χ3v) is 4.34. The zero-order chi connectivity index (χ0) is 16.4. The molecule has 1 atom stereocenters. The van der Waals surface area contributed by atoms with Crippen molar-refractivity contribution in [2.45, 2.75) is 17.1 Å². The first kappa shape index (κ1) is 15.6. The Morgan fingerprint density at radius 2 is 1.96 bits per heavy atom. The van der Waals surface area contributed by atoms with Crippen molar-refractivity contribution >= 4 is 23.4 Å². The molecule has 0 radical (unpaired) electrons. The number of hydrogen-bond acceptors (Lipinski definition) is 4. The Bertz CT molecular complexity index is 754. The maximum Gasteiger partial charge on any atom is 0.237 e. The van der Waals surface area contributed by atoms with E-state index in [2.05, 4.69) is 5.32 Å². The molecule has 0 bridgehead atoms. The van der Waals surface area contributed by atoms with E-state index >= 15 is 0 Å². The highest BCUT2D eigenvalue weighted by atomic mass is 32.2. The van der Waals surface area contributed by atoms with Crippen LogP contribution in [0.5, 0.6) is 11.5 Å². The predicted octanol–water partition coefficient (Wildman–Crippen LogP) is 3.81. The number of thioether (sulfide) groups is 1. The molecule has 2 aromatic rings. The van der Waals surface area contributed by atoms with E-state index in [0.717, 1.165) is 30.0 Å². The Labute approximate surface area is 135 Å². The van der Waals surface area contributed by atoms with Crippen molar-refractivity contribution in [2.24, 2.45) is 0 Å². The highest BCUT2D eigenvalue weighted by Crippen LogP contribution is 2.34. The summed E-state index contributed by atoms with van der Waals surface area (Å²) in [6.07, 6.45) is 0. The quantitative estimate of drug-likeness (QED) is 0.862. The second-order valence-corrected chi connectivity index (χ2v) is 6.27. The predicted molar refractivity (Wildman–Crippen MR) is 82.9 cm³/mol. The van der Waals surface area contributed by atoms with Gasteiger partial charge in [0.25, 0.3) is 0 Å². The lowest BCUT2D eigenvalue weighted by Crippen LogP contribution is -2.22. The first-order valence-electron chi connectivity index (χ1n) is 6.85. The first-order valence-corrected chi connectivity index (χ1v) is 7.73. The lowest BCUT2D eigenvalue weighted by molar-refractivity contribution is -0.115. The number of anilines is 1. The van der Waals surface area contributed by atoms with Crippen molar-refractivity contribution < 1.29 is 23.0 Å². The Morgan fingerprint density at radius 1 is 1.17 bits per heavy atom. The highest BCUT2D eigenvalue weighted by Gasteiger charge is 2.19. The molecule has 1 aliphatic heterocycles. The molecule has 1 aliphatic rings. The van der Waals surface area contributed by atoms with E-state index in [9.17, 15) is 13.6 Å². The van der Waals surface area contributed by atoms with Crippen LogP contribution in [0.15, 0.2) is 41.3 Å². The van der Waals surface area contributed by atoms with Gasteiger partial charge in [-0.15, -0.1) is 11.8 Å². The molecule has 0 saturated carbocycles. The lowest BCUT2D eigenvalue weighted by atomic mass is 10.2. The van der Waals surface area contributed by atoms with Gasteiger partial charge in [-0.1, -0.05) is 0 Å². The van der Waals surface area contributed by atoms with Crippen molar-refractivity contribution in [3.63, 3.8) is 0 Å². The minimum atomic E-state index is -0.600. The number of hydrogen-bond donors (Lipinski definition) is 1. The van der Waals surface area contributed by atoms with E-state index in [1.807, 2.05) is 0 Å². The summed E-state index contributed by atoms with van der Waals surface area (Å²) in [5, 5.41) is 2.11. The Morgan fingerprint density at radius 3 is 2.78 bits per heavy atom. The van der Waals surface area contributed by atoms with Crippen molar-refractivity contribution in [2.75, 3.05) is 12.1 Å². The molecule has 0 spiro atoms. The summed E-state index contributed by atoms with van der Waals surface area (Å²) in [7, 11) is 0. The maximum absolute atomic E-state index is 13.6. The fraction of sp³-hybridized carbons (Fsp3) is 0.188. The summed E-state index contributed by atoms with van der Waals surface area (Å²) in [6.45, 7) is 1.77. The number of carbonyl (C=O) groups excluding carboxylic acids is 1. The van der Waals surface area contributed by atoms with E-state index in [1.165, 1.54) is 0 Å².